The van der Waals surface area contributed by atoms with Crippen LogP contribution >= 0.6 is 11.3 Å². The molecule has 0 aliphatic carbocycles. The van der Waals surface area contributed by atoms with E-state index >= 15 is 0 Å². The Hall–Kier alpha value is -1.85. The van der Waals surface area contributed by atoms with Crippen molar-refractivity contribution in [2.24, 2.45) is 0 Å². The van der Waals surface area contributed by atoms with Crippen molar-refractivity contribution in [2.75, 3.05) is 38.6 Å². The Morgan fingerprint density at radius 2 is 1.92 bits per heavy atom. The summed E-state index contributed by atoms with van der Waals surface area (Å²) in [7, 11) is 3.99. The van der Waals surface area contributed by atoms with Gasteiger partial charge in [0.2, 0.25) is 0 Å². The molecule has 0 unspecified atom stereocenters. The van der Waals surface area contributed by atoms with E-state index in [9.17, 15) is 4.79 Å². The third kappa shape index (κ3) is 3.97. The van der Waals surface area contributed by atoms with Crippen molar-refractivity contribution in [1.82, 2.24) is 10.2 Å². The number of thiophene rings is 1. The number of carbonyl (C=O) groups is 1. The van der Waals surface area contributed by atoms with Crippen LogP contribution in [0.5, 0.6) is 0 Å². The molecule has 0 saturated carbocycles. The largest absolute Gasteiger partial charge is 0.378 e. The predicted molar refractivity (Wildman–Crippen MR) is 101 cm³/mol. The summed E-state index contributed by atoms with van der Waals surface area (Å²) in [6.45, 7) is 2.90. The number of nitrogens with one attached hydrogen (secondary N) is 1. The van der Waals surface area contributed by atoms with E-state index < -0.39 is 0 Å². The Balaban J connectivity index is 1.64. The summed E-state index contributed by atoms with van der Waals surface area (Å²) in [4.78, 5) is 18.3. The van der Waals surface area contributed by atoms with Gasteiger partial charge in [-0.2, -0.15) is 0 Å². The second-order valence-electron chi connectivity index (χ2n) is 6.43. The molecule has 1 atom stereocenters. The molecule has 1 saturated heterocycles. The Morgan fingerprint density at radius 1 is 1.21 bits per heavy atom. The van der Waals surface area contributed by atoms with E-state index in [1.165, 1.54) is 17.7 Å². The Labute approximate surface area is 148 Å². The van der Waals surface area contributed by atoms with Crippen LogP contribution in [0, 0.1) is 0 Å². The van der Waals surface area contributed by atoms with Gasteiger partial charge in [0, 0.05) is 36.8 Å². The minimum absolute atomic E-state index is 0.000981. The average molecular weight is 343 g/mol. The molecule has 1 aromatic heterocycles. The smallest absolute Gasteiger partial charge is 0.251 e. The number of hydrogen-bond acceptors (Lipinski definition) is 4. The van der Waals surface area contributed by atoms with Gasteiger partial charge in [0.15, 0.2) is 0 Å². The fourth-order valence-electron chi connectivity index (χ4n) is 3.15. The van der Waals surface area contributed by atoms with E-state index in [0.717, 1.165) is 18.8 Å². The number of nitrogens with zero attached hydrogens (tertiary/aromatic N) is 2. The van der Waals surface area contributed by atoms with Gasteiger partial charge in [-0.3, -0.25) is 9.69 Å². The number of carbonyl (C=O) groups excluding carboxylic acids is 1. The Bertz CT molecular complexity index is 646. The highest BCUT2D eigenvalue weighted by Crippen LogP contribution is 2.27. The monoisotopic (exact) mass is 343 g/mol. The molecule has 1 aliphatic rings. The SMILES string of the molecule is CN(C)c1ccc(C(=O)NC[C@H](c2cccs2)N2CCCC2)cc1. The first-order valence-electron chi connectivity index (χ1n) is 8.48. The second-order valence-corrected chi connectivity index (χ2v) is 7.40. The lowest BCUT2D eigenvalue weighted by Crippen LogP contribution is -2.36. The van der Waals surface area contributed by atoms with E-state index in [1.807, 2.05) is 43.3 Å². The third-order valence-electron chi connectivity index (χ3n) is 4.55. The highest BCUT2D eigenvalue weighted by Gasteiger charge is 2.24. The van der Waals surface area contributed by atoms with E-state index in [0.29, 0.717) is 12.1 Å². The van der Waals surface area contributed by atoms with Crippen LogP contribution < -0.4 is 10.2 Å². The summed E-state index contributed by atoms with van der Waals surface area (Å²) in [5.74, 6) is 0.000981. The molecule has 0 radical (unpaired) electrons. The molecule has 3 rings (SSSR count). The number of benzene rings is 1. The van der Waals surface area contributed by atoms with Crippen molar-refractivity contribution < 1.29 is 4.79 Å². The molecule has 24 heavy (non-hydrogen) atoms. The summed E-state index contributed by atoms with van der Waals surface area (Å²) in [5, 5.41) is 5.24. The molecule has 1 aliphatic heterocycles. The lowest BCUT2D eigenvalue weighted by atomic mass is 10.1. The molecule has 128 valence electrons. The topological polar surface area (TPSA) is 35.6 Å². The molecule has 2 heterocycles. The van der Waals surface area contributed by atoms with Crippen LogP contribution in [0.25, 0.3) is 0 Å². The molecule has 1 amide bonds. The zero-order valence-corrected chi connectivity index (χ0v) is 15.2. The maximum atomic E-state index is 12.5. The predicted octanol–water partition coefficient (Wildman–Crippen LogP) is 3.38. The zero-order chi connectivity index (χ0) is 16.9. The second kappa shape index (κ2) is 7.81. The molecule has 2 aromatic rings. The zero-order valence-electron chi connectivity index (χ0n) is 14.4. The fraction of sp³-hybridized carbons (Fsp3) is 0.421. The maximum Gasteiger partial charge on any atom is 0.251 e. The van der Waals surface area contributed by atoms with Crippen molar-refractivity contribution in [3.8, 4) is 0 Å². The van der Waals surface area contributed by atoms with Crippen molar-refractivity contribution in [3.63, 3.8) is 0 Å². The van der Waals surface area contributed by atoms with Gasteiger partial charge in [-0.05, 0) is 61.6 Å². The lowest BCUT2D eigenvalue weighted by Gasteiger charge is -2.27. The van der Waals surface area contributed by atoms with Crippen LogP contribution in [0.3, 0.4) is 0 Å². The van der Waals surface area contributed by atoms with E-state index in [-0.39, 0.29) is 11.9 Å². The van der Waals surface area contributed by atoms with E-state index in [1.54, 1.807) is 11.3 Å². The molecular formula is C19H25N3OS. The van der Waals surface area contributed by atoms with Gasteiger partial charge in [-0.25, -0.2) is 0 Å². The lowest BCUT2D eigenvalue weighted by molar-refractivity contribution is 0.0938. The minimum Gasteiger partial charge on any atom is -0.378 e. The summed E-state index contributed by atoms with van der Waals surface area (Å²) in [5.41, 5.74) is 1.81. The minimum atomic E-state index is 0.000981. The molecule has 0 bridgehead atoms. The van der Waals surface area contributed by atoms with Crippen molar-refractivity contribution in [2.45, 2.75) is 18.9 Å². The number of anilines is 1. The highest BCUT2D eigenvalue weighted by molar-refractivity contribution is 7.10. The van der Waals surface area contributed by atoms with Crippen LogP contribution in [0.1, 0.15) is 34.1 Å². The van der Waals surface area contributed by atoms with Gasteiger partial charge < -0.3 is 10.2 Å². The van der Waals surface area contributed by atoms with Gasteiger partial charge >= 0.3 is 0 Å². The van der Waals surface area contributed by atoms with Crippen LogP contribution in [-0.4, -0.2) is 44.5 Å². The molecule has 5 heteroatoms. The number of likely N-dealkylation sites (tertiary alicyclic amines) is 1. The Kier molecular flexibility index (Phi) is 5.53. The van der Waals surface area contributed by atoms with Gasteiger partial charge in [0.1, 0.15) is 0 Å². The quantitative estimate of drug-likeness (QED) is 0.873. The van der Waals surface area contributed by atoms with Crippen molar-refractivity contribution in [3.05, 3.63) is 52.2 Å². The standard InChI is InChI=1S/C19H25N3OS/c1-21(2)16-9-7-15(8-10-16)19(23)20-14-17(18-6-5-13-24-18)22-11-3-4-12-22/h5-10,13,17H,3-4,11-12,14H2,1-2H3,(H,20,23)/t17-/m1/s1. The van der Waals surface area contributed by atoms with Crippen LogP contribution in [0.4, 0.5) is 5.69 Å². The normalized spacial score (nSPS) is 16.1. The molecule has 1 fully saturated rings. The molecule has 0 spiro atoms. The Morgan fingerprint density at radius 3 is 2.50 bits per heavy atom. The van der Waals surface area contributed by atoms with Gasteiger partial charge in [0.25, 0.3) is 5.91 Å². The first-order chi connectivity index (χ1) is 11.6. The van der Waals surface area contributed by atoms with Crippen molar-refractivity contribution >= 4 is 22.9 Å². The number of amides is 1. The number of hydrogen-bond donors (Lipinski definition) is 1. The highest BCUT2D eigenvalue weighted by atomic mass is 32.1. The van der Waals surface area contributed by atoms with E-state index in [4.69, 9.17) is 0 Å². The summed E-state index contributed by atoms with van der Waals surface area (Å²) < 4.78 is 0. The summed E-state index contributed by atoms with van der Waals surface area (Å²) >= 11 is 1.77. The molecule has 4 nitrogen and oxygen atoms in total. The molecule has 1 aromatic carbocycles. The van der Waals surface area contributed by atoms with Gasteiger partial charge in [-0.15, -0.1) is 11.3 Å². The van der Waals surface area contributed by atoms with Crippen LogP contribution in [0.2, 0.25) is 0 Å². The molecular weight excluding hydrogens is 318 g/mol. The average Bonchev–Trinajstić information content (AvgIpc) is 3.29. The summed E-state index contributed by atoms with van der Waals surface area (Å²) in [6, 6.07) is 12.3. The summed E-state index contributed by atoms with van der Waals surface area (Å²) in [6.07, 6.45) is 2.50. The third-order valence-corrected chi connectivity index (χ3v) is 5.53. The van der Waals surface area contributed by atoms with Crippen LogP contribution in [0.15, 0.2) is 41.8 Å². The van der Waals surface area contributed by atoms with Gasteiger partial charge in [-0.1, -0.05) is 6.07 Å². The van der Waals surface area contributed by atoms with Gasteiger partial charge in [0.05, 0.1) is 6.04 Å². The fourth-order valence-corrected chi connectivity index (χ4v) is 4.01. The first-order valence-corrected chi connectivity index (χ1v) is 9.36. The van der Waals surface area contributed by atoms with Crippen LogP contribution in [-0.2, 0) is 0 Å². The molecule has 1 N–H and O–H groups in total. The maximum absolute atomic E-state index is 12.5. The van der Waals surface area contributed by atoms with E-state index in [2.05, 4.69) is 27.7 Å². The number of rotatable bonds is 6. The van der Waals surface area contributed by atoms with Crippen molar-refractivity contribution in [1.29, 1.82) is 0 Å². The first kappa shape index (κ1) is 17.0.